The van der Waals surface area contributed by atoms with E-state index in [0.717, 1.165) is 5.56 Å². The molecule has 1 fully saturated rings. The molecule has 3 heteroatoms. The Morgan fingerprint density at radius 1 is 1.56 bits per heavy atom. The van der Waals surface area contributed by atoms with E-state index in [-0.39, 0.29) is 5.92 Å². The maximum atomic E-state index is 10.8. The van der Waals surface area contributed by atoms with Crippen molar-refractivity contribution in [1.29, 1.82) is 0 Å². The number of carboxylic acid groups (broad SMARTS) is 1. The maximum Gasteiger partial charge on any atom is 0.306 e. The van der Waals surface area contributed by atoms with Gasteiger partial charge in [0.2, 0.25) is 0 Å². The molecule has 86 valence electrons. The van der Waals surface area contributed by atoms with Gasteiger partial charge in [0.05, 0.1) is 5.92 Å². The Morgan fingerprint density at radius 3 is 2.88 bits per heavy atom. The Kier molecular flexibility index (Phi) is 3.54. The zero-order chi connectivity index (χ0) is 11.5. The zero-order valence-electron chi connectivity index (χ0n) is 9.35. The Labute approximate surface area is 100 Å². The third kappa shape index (κ3) is 2.59. The first-order valence-electron chi connectivity index (χ1n) is 5.56. The SMILES string of the molecule is CC(Cc1cccc(C2CSC2)c1)C(=O)O. The van der Waals surface area contributed by atoms with E-state index in [1.165, 1.54) is 17.1 Å². The minimum absolute atomic E-state index is 0.300. The van der Waals surface area contributed by atoms with E-state index in [2.05, 4.69) is 12.1 Å². The number of thioether (sulfide) groups is 1. The Morgan fingerprint density at radius 2 is 2.31 bits per heavy atom. The van der Waals surface area contributed by atoms with E-state index in [4.69, 9.17) is 5.11 Å². The summed E-state index contributed by atoms with van der Waals surface area (Å²) in [5.41, 5.74) is 2.51. The van der Waals surface area contributed by atoms with Crippen molar-refractivity contribution in [3.05, 3.63) is 35.4 Å². The van der Waals surface area contributed by atoms with Crippen LogP contribution >= 0.6 is 11.8 Å². The van der Waals surface area contributed by atoms with Crippen LogP contribution < -0.4 is 0 Å². The van der Waals surface area contributed by atoms with Gasteiger partial charge in [-0.1, -0.05) is 31.2 Å². The molecule has 1 heterocycles. The van der Waals surface area contributed by atoms with E-state index in [0.29, 0.717) is 12.3 Å². The Bertz CT molecular complexity index is 385. The zero-order valence-corrected chi connectivity index (χ0v) is 10.2. The summed E-state index contributed by atoms with van der Waals surface area (Å²) in [5, 5.41) is 8.88. The monoisotopic (exact) mass is 236 g/mol. The van der Waals surface area contributed by atoms with Gasteiger partial charge in [-0.3, -0.25) is 4.79 Å². The molecule has 0 amide bonds. The summed E-state index contributed by atoms with van der Waals surface area (Å²) in [5.74, 6) is 2.08. The van der Waals surface area contributed by atoms with Crippen molar-refractivity contribution >= 4 is 17.7 Å². The average Bonchev–Trinajstić information content (AvgIpc) is 2.15. The number of carboxylic acids is 1. The van der Waals surface area contributed by atoms with Crippen LogP contribution in [0.2, 0.25) is 0 Å². The standard InChI is InChI=1S/C13H16O2S/c1-9(13(14)15)5-10-3-2-4-11(6-10)12-7-16-8-12/h2-4,6,9,12H,5,7-8H2,1H3,(H,14,15). The predicted octanol–water partition coefficient (Wildman–Crippen LogP) is 2.78. The summed E-state index contributed by atoms with van der Waals surface area (Å²) < 4.78 is 0. The number of rotatable bonds is 4. The minimum Gasteiger partial charge on any atom is -0.481 e. The van der Waals surface area contributed by atoms with Crippen LogP contribution in [0.4, 0.5) is 0 Å². The molecule has 0 radical (unpaired) electrons. The summed E-state index contributed by atoms with van der Waals surface area (Å²) in [6.45, 7) is 1.76. The summed E-state index contributed by atoms with van der Waals surface area (Å²) >= 11 is 1.97. The van der Waals surface area contributed by atoms with E-state index in [1.807, 2.05) is 23.9 Å². The molecule has 1 aromatic carbocycles. The maximum absolute atomic E-state index is 10.8. The third-order valence-electron chi connectivity index (χ3n) is 3.02. The normalized spacial score (nSPS) is 17.8. The first-order chi connectivity index (χ1) is 7.66. The number of benzene rings is 1. The number of hydrogen-bond acceptors (Lipinski definition) is 2. The largest absolute Gasteiger partial charge is 0.481 e. The van der Waals surface area contributed by atoms with Gasteiger partial charge in [-0.15, -0.1) is 0 Å². The van der Waals surface area contributed by atoms with Crippen molar-refractivity contribution in [2.75, 3.05) is 11.5 Å². The molecule has 0 saturated carbocycles. The molecule has 1 unspecified atom stereocenters. The topological polar surface area (TPSA) is 37.3 Å². The molecule has 1 aliphatic heterocycles. The van der Waals surface area contributed by atoms with E-state index >= 15 is 0 Å². The first kappa shape index (κ1) is 11.5. The van der Waals surface area contributed by atoms with Crippen molar-refractivity contribution in [3.8, 4) is 0 Å². The molecule has 0 aromatic heterocycles. The molecule has 1 atom stereocenters. The van der Waals surface area contributed by atoms with E-state index in [9.17, 15) is 4.79 Å². The van der Waals surface area contributed by atoms with Crippen LogP contribution in [0.25, 0.3) is 0 Å². The minimum atomic E-state index is -0.718. The van der Waals surface area contributed by atoms with Crippen molar-refractivity contribution < 1.29 is 9.90 Å². The second-order valence-corrected chi connectivity index (χ2v) is 5.50. The van der Waals surface area contributed by atoms with Crippen LogP contribution in [0.15, 0.2) is 24.3 Å². The van der Waals surface area contributed by atoms with Gasteiger partial charge in [0.15, 0.2) is 0 Å². The highest BCUT2D eigenvalue weighted by Gasteiger charge is 2.20. The molecule has 0 aliphatic carbocycles. The van der Waals surface area contributed by atoms with Gasteiger partial charge in [0.1, 0.15) is 0 Å². The van der Waals surface area contributed by atoms with Crippen LogP contribution in [0.1, 0.15) is 24.0 Å². The van der Waals surface area contributed by atoms with Gasteiger partial charge in [-0.25, -0.2) is 0 Å². The highest BCUT2D eigenvalue weighted by molar-refractivity contribution is 8.00. The lowest BCUT2D eigenvalue weighted by molar-refractivity contribution is -0.141. The fourth-order valence-corrected chi connectivity index (χ4v) is 2.70. The van der Waals surface area contributed by atoms with Crippen molar-refractivity contribution in [2.24, 2.45) is 5.92 Å². The highest BCUT2D eigenvalue weighted by atomic mass is 32.2. The number of aliphatic carboxylic acids is 1. The van der Waals surface area contributed by atoms with Crippen LogP contribution in [-0.4, -0.2) is 22.6 Å². The summed E-state index contributed by atoms with van der Waals surface area (Å²) in [6.07, 6.45) is 0.628. The molecule has 1 N–H and O–H groups in total. The number of carbonyl (C=O) groups is 1. The molecule has 2 nitrogen and oxygen atoms in total. The fourth-order valence-electron chi connectivity index (χ4n) is 1.84. The molecular formula is C13H16O2S. The van der Waals surface area contributed by atoms with E-state index < -0.39 is 5.97 Å². The summed E-state index contributed by atoms with van der Waals surface area (Å²) in [7, 11) is 0. The predicted molar refractivity (Wildman–Crippen MR) is 67.0 cm³/mol. The molecule has 1 aromatic rings. The molecule has 16 heavy (non-hydrogen) atoms. The third-order valence-corrected chi connectivity index (χ3v) is 4.30. The van der Waals surface area contributed by atoms with Crippen LogP contribution in [0.5, 0.6) is 0 Å². The highest BCUT2D eigenvalue weighted by Crippen LogP contribution is 2.34. The molecule has 1 aliphatic rings. The molecule has 2 rings (SSSR count). The van der Waals surface area contributed by atoms with Gasteiger partial charge in [-0.2, -0.15) is 11.8 Å². The van der Waals surface area contributed by atoms with Crippen molar-refractivity contribution in [1.82, 2.24) is 0 Å². The molecule has 0 bridgehead atoms. The lowest BCUT2D eigenvalue weighted by Crippen LogP contribution is -2.16. The van der Waals surface area contributed by atoms with Gasteiger partial charge >= 0.3 is 5.97 Å². The smallest absolute Gasteiger partial charge is 0.306 e. The van der Waals surface area contributed by atoms with Crippen molar-refractivity contribution in [3.63, 3.8) is 0 Å². The van der Waals surface area contributed by atoms with Crippen LogP contribution in [-0.2, 0) is 11.2 Å². The molecular weight excluding hydrogens is 220 g/mol. The Hall–Kier alpha value is -0.960. The van der Waals surface area contributed by atoms with Gasteiger partial charge in [0, 0.05) is 17.4 Å². The van der Waals surface area contributed by atoms with Gasteiger partial charge in [-0.05, 0) is 17.5 Å². The van der Waals surface area contributed by atoms with Gasteiger partial charge in [0.25, 0.3) is 0 Å². The van der Waals surface area contributed by atoms with Crippen LogP contribution in [0.3, 0.4) is 0 Å². The first-order valence-corrected chi connectivity index (χ1v) is 6.71. The quantitative estimate of drug-likeness (QED) is 0.873. The van der Waals surface area contributed by atoms with Gasteiger partial charge < -0.3 is 5.11 Å². The Balaban J connectivity index is 2.06. The molecule has 1 saturated heterocycles. The second-order valence-electron chi connectivity index (χ2n) is 4.42. The fraction of sp³-hybridized carbons (Fsp3) is 0.462. The summed E-state index contributed by atoms with van der Waals surface area (Å²) in [6, 6.07) is 8.39. The lowest BCUT2D eigenvalue weighted by Gasteiger charge is -2.25. The lowest BCUT2D eigenvalue weighted by atomic mass is 9.95. The second kappa shape index (κ2) is 4.91. The van der Waals surface area contributed by atoms with Crippen LogP contribution in [0, 0.1) is 5.92 Å². The summed E-state index contributed by atoms with van der Waals surface area (Å²) in [4.78, 5) is 10.8. The van der Waals surface area contributed by atoms with E-state index in [1.54, 1.807) is 6.92 Å². The number of hydrogen-bond donors (Lipinski definition) is 1. The van der Waals surface area contributed by atoms with Crippen molar-refractivity contribution in [2.45, 2.75) is 19.3 Å². The average molecular weight is 236 g/mol. The molecule has 0 spiro atoms.